The number of ether oxygens (including phenoxy) is 1. The van der Waals surface area contributed by atoms with Gasteiger partial charge >= 0.3 is 12.1 Å². The molecule has 1 N–H and O–H groups in total. The van der Waals surface area contributed by atoms with Gasteiger partial charge in [-0.25, -0.2) is 4.79 Å². The van der Waals surface area contributed by atoms with Gasteiger partial charge in [0.2, 0.25) is 0 Å². The van der Waals surface area contributed by atoms with Crippen LogP contribution in [0.3, 0.4) is 0 Å². The molecule has 3 nitrogen and oxygen atoms in total. The average Bonchev–Trinajstić information content (AvgIpc) is 2.32. The molecule has 0 amide bonds. The number of carbonyl (C=O) groups excluding carboxylic acids is 1. The zero-order chi connectivity index (χ0) is 14.3. The molecule has 0 aromatic rings. The second-order valence-electron chi connectivity index (χ2n) is 5.76. The van der Waals surface area contributed by atoms with E-state index in [1.807, 2.05) is 6.92 Å². The van der Waals surface area contributed by atoms with Gasteiger partial charge in [-0.3, -0.25) is 0 Å². The van der Waals surface area contributed by atoms with Gasteiger partial charge in [0.15, 0.2) is 0 Å². The van der Waals surface area contributed by atoms with Crippen LogP contribution in [-0.4, -0.2) is 29.0 Å². The number of halogens is 3. The highest BCUT2D eigenvalue weighted by Crippen LogP contribution is 2.48. The monoisotopic (exact) mass is 280 g/mol. The van der Waals surface area contributed by atoms with Crippen LogP contribution in [0.25, 0.3) is 0 Å². The Morgan fingerprint density at radius 3 is 2.58 bits per heavy atom. The van der Waals surface area contributed by atoms with Crippen molar-refractivity contribution in [3.63, 3.8) is 0 Å². The summed E-state index contributed by atoms with van der Waals surface area (Å²) in [7, 11) is 0. The first-order valence-electron chi connectivity index (χ1n) is 6.75. The average molecular weight is 280 g/mol. The van der Waals surface area contributed by atoms with Gasteiger partial charge in [-0.1, -0.05) is 19.8 Å². The molecule has 2 saturated carbocycles. The van der Waals surface area contributed by atoms with Crippen LogP contribution in [0.15, 0.2) is 0 Å². The Labute approximate surface area is 110 Å². The summed E-state index contributed by atoms with van der Waals surface area (Å²) in [5.74, 6) is -2.46. The summed E-state index contributed by atoms with van der Waals surface area (Å²) in [5.41, 5.74) is -0.979. The van der Waals surface area contributed by atoms with E-state index in [4.69, 9.17) is 0 Å². The van der Waals surface area contributed by atoms with Crippen molar-refractivity contribution in [1.82, 2.24) is 0 Å². The van der Waals surface area contributed by atoms with E-state index < -0.39 is 23.9 Å². The molecule has 0 heterocycles. The molecule has 6 heteroatoms. The van der Waals surface area contributed by atoms with E-state index in [-0.39, 0.29) is 11.8 Å². The summed E-state index contributed by atoms with van der Waals surface area (Å²) in [6.07, 6.45) is -1.85. The number of aliphatic hydroxyl groups is 1. The van der Waals surface area contributed by atoms with Gasteiger partial charge in [0.1, 0.15) is 6.10 Å². The minimum Gasteiger partial charge on any atom is -0.455 e. The summed E-state index contributed by atoms with van der Waals surface area (Å²) in [6, 6.07) is 0. The quantitative estimate of drug-likeness (QED) is 0.751. The molecule has 2 aliphatic carbocycles. The lowest BCUT2D eigenvalue weighted by Crippen LogP contribution is -2.55. The molecule has 19 heavy (non-hydrogen) atoms. The first-order chi connectivity index (χ1) is 8.75. The predicted octanol–water partition coefficient (Wildman–Crippen LogP) is 2.81. The van der Waals surface area contributed by atoms with Crippen LogP contribution in [-0.2, 0) is 9.53 Å². The van der Waals surface area contributed by atoms with Crippen LogP contribution in [0.1, 0.15) is 45.4 Å². The Balaban J connectivity index is 2.11. The van der Waals surface area contributed by atoms with Crippen molar-refractivity contribution in [3.05, 3.63) is 0 Å². The predicted molar refractivity (Wildman–Crippen MR) is 61.2 cm³/mol. The number of hydrogen-bond acceptors (Lipinski definition) is 3. The molecular formula is C13H19F3O3. The fraction of sp³-hybridized carbons (Fsp3) is 0.923. The smallest absolute Gasteiger partial charge is 0.455 e. The lowest BCUT2D eigenvalue weighted by molar-refractivity contribution is -0.221. The minimum absolute atomic E-state index is 0.0404. The van der Waals surface area contributed by atoms with E-state index in [0.29, 0.717) is 25.7 Å². The van der Waals surface area contributed by atoms with E-state index in [9.17, 15) is 23.1 Å². The Morgan fingerprint density at radius 1 is 1.26 bits per heavy atom. The van der Waals surface area contributed by atoms with Crippen LogP contribution in [0, 0.1) is 11.8 Å². The third-order valence-electron chi connectivity index (χ3n) is 4.66. The van der Waals surface area contributed by atoms with Crippen LogP contribution < -0.4 is 0 Å². The topological polar surface area (TPSA) is 46.5 Å². The summed E-state index contributed by atoms with van der Waals surface area (Å²) < 4.78 is 41.4. The van der Waals surface area contributed by atoms with Crippen molar-refractivity contribution in [2.24, 2.45) is 11.8 Å². The van der Waals surface area contributed by atoms with Gasteiger partial charge in [-0.05, 0) is 31.6 Å². The van der Waals surface area contributed by atoms with Gasteiger partial charge in [0, 0.05) is 5.92 Å². The van der Waals surface area contributed by atoms with Crippen molar-refractivity contribution in [2.75, 3.05) is 0 Å². The normalized spacial score (nSPS) is 39.5. The standard InChI is InChI=1S/C13H19F3O3/c1-8-5-6-10(19-11(17)13(14,15)16)9-4-2-3-7-12(8,9)18/h8-10,18H,2-7H2,1H3/t8-,9+,10-,12-/m1/s1. The second kappa shape index (κ2) is 4.96. The number of carbonyl (C=O) groups is 1. The summed E-state index contributed by atoms with van der Waals surface area (Å²) in [6.45, 7) is 1.92. The summed E-state index contributed by atoms with van der Waals surface area (Å²) in [5, 5.41) is 10.7. The van der Waals surface area contributed by atoms with Gasteiger partial charge in [-0.2, -0.15) is 13.2 Å². The molecule has 0 radical (unpaired) electrons. The van der Waals surface area contributed by atoms with Crippen LogP contribution in [0.5, 0.6) is 0 Å². The molecule has 0 aliphatic heterocycles. The van der Waals surface area contributed by atoms with Crippen LogP contribution >= 0.6 is 0 Å². The SMILES string of the molecule is C[C@@H]1CC[C@@H](OC(=O)C(F)(F)F)[C@@H]2CCCC[C@@]12O. The van der Waals surface area contributed by atoms with Gasteiger partial charge < -0.3 is 9.84 Å². The molecule has 2 rings (SSSR count). The lowest BCUT2D eigenvalue weighted by Gasteiger charge is -2.50. The minimum atomic E-state index is -4.96. The van der Waals surface area contributed by atoms with Gasteiger partial charge in [-0.15, -0.1) is 0 Å². The Hall–Kier alpha value is -0.780. The molecule has 110 valence electrons. The largest absolute Gasteiger partial charge is 0.490 e. The maximum absolute atomic E-state index is 12.3. The van der Waals surface area contributed by atoms with Crippen LogP contribution in [0.4, 0.5) is 13.2 Å². The first-order valence-corrected chi connectivity index (χ1v) is 6.75. The molecule has 0 spiro atoms. The highest BCUT2D eigenvalue weighted by atomic mass is 19.4. The van der Waals surface area contributed by atoms with Crippen molar-refractivity contribution >= 4 is 5.97 Å². The number of rotatable bonds is 1. The fourth-order valence-electron chi connectivity index (χ4n) is 3.54. The highest BCUT2D eigenvalue weighted by Gasteiger charge is 2.52. The number of fused-ring (bicyclic) bond motifs is 1. The molecule has 2 aliphatic rings. The molecular weight excluding hydrogens is 261 g/mol. The molecule has 0 bridgehead atoms. The van der Waals surface area contributed by atoms with E-state index >= 15 is 0 Å². The molecule has 0 unspecified atom stereocenters. The van der Waals surface area contributed by atoms with Gasteiger partial charge in [0.05, 0.1) is 5.60 Å². The van der Waals surface area contributed by atoms with Crippen molar-refractivity contribution < 1.29 is 27.8 Å². The fourth-order valence-corrected chi connectivity index (χ4v) is 3.54. The third-order valence-corrected chi connectivity index (χ3v) is 4.66. The van der Waals surface area contributed by atoms with E-state index in [0.717, 1.165) is 12.8 Å². The van der Waals surface area contributed by atoms with E-state index in [1.54, 1.807) is 0 Å². The summed E-state index contributed by atoms with van der Waals surface area (Å²) in [4.78, 5) is 11.0. The van der Waals surface area contributed by atoms with Gasteiger partial charge in [0.25, 0.3) is 0 Å². The van der Waals surface area contributed by atoms with Crippen molar-refractivity contribution in [3.8, 4) is 0 Å². The number of hydrogen-bond donors (Lipinski definition) is 1. The lowest BCUT2D eigenvalue weighted by atomic mass is 9.61. The van der Waals surface area contributed by atoms with Crippen molar-refractivity contribution in [2.45, 2.75) is 63.3 Å². The molecule has 2 fully saturated rings. The van der Waals surface area contributed by atoms with Crippen molar-refractivity contribution in [1.29, 1.82) is 0 Å². The van der Waals surface area contributed by atoms with E-state index in [1.165, 1.54) is 0 Å². The number of alkyl halides is 3. The van der Waals surface area contributed by atoms with E-state index in [2.05, 4.69) is 4.74 Å². The number of esters is 1. The molecule has 0 aromatic heterocycles. The Morgan fingerprint density at radius 2 is 1.95 bits per heavy atom. The third kappa shape index (κ3) is 2.73. The maximum Gasteiger partial charge on any atom is 0.490 e. The zero-order valence-electron chi connectivity index (χ0n) is 10.9. The molecule has 4 atom stereocenters. The molecule has 0 saturated heterocycles. The molecule has 0 aromatic carbocycles. The highest BCUT2D eigenvalue weighted by molar-refractivity contribution is 5.75. The van der Waals surface area contributed by atoms with Crippen LogP contribution in [0.2, 0.25) is 0 Å². The Bertz CT molecular complexity index is 356. The second-order valence-corrected chi connectivity index (χ2v) is 5.76. The maximum atomic E-state index is 12.3. The zero-order valence-corrected chi connectivity index (χ0v) is 10.9. The summed E-state index contributed by atoms with van der Waals surface area (Å²) >= 11 is 0. The first kappa shape index (κ1) is 14.6. The Kier molecular flexibility index (Phi) is 3.82.